The summed E-state index contributed by atoms with van der Waals surface area (Å²) in [7, 11) is 0. The Morgan fingerprint density at radius 1 is 0.806 bits per heavy atom. The van der Waals surface area contributed by atoms with Crippen molar-refractivity contribution in [2.24, 2.45) is 0 Å². The summed E-state index contributed by atoms with van der Waals surface area (Å²) in [5.41, 5.74) is 5.17. The molecule has 0 aliphatic heterocycles. The van der Waals surface area contributed by atoms with Gasteiger partial charge in [0.25, 0.3) is 0 Å². The van der Waals surface area contributed by atoms with Gasteiger partial charge in [0.2, 0.25) is 0 Å². The maximum Gasteiger partial charge on any atom is 0.124 e. The van der Waals surface area contributed by atoms with Crippen LogP contribution in [0.3, 0.4) is 0 Å². The summed E-state index contributed by atoms with van der Waals surface area (Å²) in [6, 6.07) is 17.3. The number of rotatable bonds is 4. The molecule has 1 nitrogen and oxygen atoms in total. The maximum atomic E-state index is 13.1. The third-order valence-corrected chi connectivity index (χ3v) is 6.70. The van der Waals surface area contributed by atoms with Crippen LogP contribution in [-0.4, -0.2) is 5.11 Å². The second-order valence-electron chi connectivity index (χ2n) is 10.3. The normalized spacial score (nSPS) is 12.3. The summed E-state index contributed by atoms with van der Waals surface area (Å²) >= 11 is 1.71. The van der Waals surface area contributed by atoms with Crippen molar-refractivity contribution in [3.8, 4) is 5.75 Å². The van der Waals surface area contributed by atoms with E-state index in [1.54, 1.807) is 11.8 Å². The highest BCUT2D eigenvalue weighted by Crippen LogP contribution is 2.47. The van der Waals surface area contributed by atoms with Crippen molar-refractivity contribution in [1.82, 2.24) is 0 Å². The molecule has 0 bridgehead atoms. The number of phenols is 1. The molecule has 0 spiro atoms. The zero-order valence-corrected chi connectivity index (χ0v) is 20.5. The minimum atomic E-state index is -0.207. The Labute approximate surface area is 190 Å². The molecule has 0 amide bonds. The number of benzene rings is 3. The minimum Gasteiger partial charge on any atom is -0.507 e. The second kappa shape index (κ2) is 8.70. The largest absolute Gasteiger partial charge is 0.507 e. The van der Waals surface area contributed by atoms with E-state index in [-0.39, 0.29) is 16.6 Å². The molecule has 3 rings (SSSR count). The Morgan fingerprint density at radius 2 is 1.32 bits per heavy atom. The highest BCUT2D eigenvalue weighted by Gasteiger charge is 2.30. The topological polar surface area (TPSA) is 20.2 Å². The molecule has 0 heterocycles. The average molecular weight is 437 g/mol. The molecule has 31 heavy (non-hydrogen) atoms. The number of phenolic OH excluding ortho intramolecular Hbond substituents is 1. The molecule has 0 aliphatic rings. The lowest BCUT2D eigenvalue weighted by molar-refractivity contribution is 0.418. The third kappa shape index (κ3) is 5.51. The number of halogens is 1. The van der Waals surface area contributed by atoms with Gasteiger partial charge in [0.05, 0.1) is 0 Å². The van der Waals surface area contributed by atoms with Crippen molar-refractivity contribution in [3.05, 3.63) is 88.2 Å². The van der Waals surface area contributed by atoms with Gasteiger partial charge in [-0.25, -0.2) is 4.39 Å². The van der Waals surface area contributed by atoms with Crippen LogP contribution >= 0.6 is 11.8 Å². The van der Waals surface area contributed by atoms with E-state index in [4.69, 9.17) is 0 Å². The smallest absolute Gasteiger partial charge is 0.124 e. The van der Waals surface area contributed by atoms with Crippen molar-refractivity contribution in [2.45, 2.75) is 75.5 Å². The molecular weight excluding hydrogens is 403 g/mol. The molecule has 0 atom stereocenters. The predicted molar refractivity (Wildman–Crippen MR) is 130 cm³/mol. The number of hydrogen-bond donors (Lipinski definition) is 1. The van der Waals surface area contributed by atoms with Gasteiger partial charge in [0.1, 0.15) is 11.6 Å². The fraction of sp³-hybridized carbons (Fsp3) is 0.357. The first-order valence-corrected chi connectivity index (χ1v) is 11.6. The van der Waals surface area contributed by atoms with E-state index in [0.717, 1.165) is 32.9 Å². The van der Waals surface area contributed by atoms with E-state index in [0.29, 0.717) is 5.75 Å². The lowest BCUT2D eigenvalue weighted by Gasteiger charge is -2.30. The summed E-state index contributed by atoms with van der Waals surface area (Å²) in [5, 5.41) is 11.2. The molecule has 0 aromatic heterocycles. The van der Waals surface area contributed by atoms with E-state index in [1.807, 2.05) is 12.1 Å². The summed E-state index contributed by atoms with van der Waals surface area (Å²) in [6.07, 6.45) is 0.776. The minimum absolute atomic E-state index is 0.125. The van der Waals surface area contributed by atoms with Gasteiger partial charge in [-0.1, -0.05) is 83.6 Å². The van der Waals surface area contributed by atoms with Crippen LogP contribution < -0.4 is 0 Å². The van der Waals surface area contributed by atoms with Crippen molar-refractivity contribution < 1.29 is 9.50 Å². The third-order valence-electron chi connectivity index (χ3n) is 5.46. The van der Waals surface area contributed by atoms with Gasteiger partial charge in [-0.3, -0.25) is 0 Å². The SMILES string of the molecule is Cc1cc(C(C)(C)C)c(O)c(C(C)(C)C)c1Sc1ccc(Cc2ccc(F)cc2)cc1. The van der Waals surface area contributed by atoms with Crippen molar-refractivity contribution in [2.75, 3.05) is 0 Å². The molecule has 3 aromatic rings. The number of aromatic hydroxyl groups is 1. The van der Waals surface area contributed by atoms with E-state index >= 15 is 0 Å². The molecule has 0 fully saturated rings. The van der Waals surface area contributed by atoms with Gasteiger partial charge in [-0.05, 0) is 70.7 Å². The number of aryl methyl sites for hydroxylation is 1. The Kier molecular flexibility index (Phi) is 6.57. The molecule has 0 saturated heterocycles. The molecule has 0 saturated carbocycles. The monoisotopic (exact) mass is 436 g/mol. The highest BCUT2D eigenvalue weighted by atomic mass is 32.2. The Balaban J connectivity index is 1.93. The molecular formula is C28H33FOS. The van der Waals surface area contributed by atoms with Crippen LogP contribution in [0, 0.1) is 12.7 Å². The molecule has 3 aromatic carbocycles. The second-order valence-corrected chi connectivity index (χ2v) is 11.4. The summed E-state index contributed by atoms with van der Waals surface area (Å²) in [6.45, 7) is 15.0. The summed E-state index contributed by atoms with van der Waals surface area (Å²) in [5.74, 6) is 0.210. The fourth-order valence-electron chi connectivity index (χ4n) is 3.82. The van der Waals surface area contributed by atoms with Gasteiger partial charge in [-0.15, -0.1) is 0 Å². The van der Waals surface area contributed by atoms with Crippen LogP contribution in [-0.2, 0) is 17.3 Å². The molecule has 164 valence electrons. The van der Waals surface area contributed by atoms with Crippen molar-refractivity contribution in [3.63, 3.8) is 0 Å². The lowest BCUT2D eigenvalue weighted by atomic mass is 9.78. The van der Waals surface area contributed by atoms with Gasteiger partial charge < -0.3 is 5.11 Å². The van der Waals surface area contributed by atoms with Crippen LogP contribution in [0.4, 0.5) is 4.39 Å². The standard InChI is InChI=1S/C28H33FOS/c1-18-16-23(27(2,3)4)25(30)24(28(5,6)7)26(18)31-22-14-10-20(11-15-22)17-19-8-12-21(29)13-9-19/h8-16,30H,17H2,1-7H3. The molecule has 0 radical (unpaired) electrons. The van der Waals surface area contributed by atoms with Crippen molar-refractivity contribution in [1.29, 1.82) is 0 Å². The Morgan fingerprint density at radius 3 is 1.81 bits per heavy atom. The predicted octanol–water partition coefficient (Wildman–Crippen LogP) is 8.18. The van der Waals surface area contributed by atoms with Crippen LogP contribution in [0.25, 0.3) is 0 Å². The van der Waals surface area contributed by atoms with E-state index in [2.05, 4.69) is 78.8 Å². The Hall–Kier alpha value is -2.26. The molecule has 0 aliphatic carbocycles. The Bertz CT molecular complexity index is 1050. The summed E-state index contributed by atoms with van der Waals surface area (Å²) < 4.78 is 13.1. The lowest BCUT2D eigenvalue weighted by Crippen LogP contribution is -2.19. The summed E-state index contributed by atoms with van der Waals surface area (Å²) in [4.78, 5) is 2.27. The average Bonchev–Trinajstić information content (AvgIpc) is 2.66. The van der Waals surface area contributed by atoms with Gasteiger partial charge in [0, 0.05) is 15.4 Å². The molecule has 1 N–H and O–H groups in total. The quantitative estimate of drug-likeness (QED) is 0.445. The number of hydrogen-bond acceptors (Lipinski definition) is 2. The maximum absolute atomic E-state index is 13.1. The van der Waals surface area contributed by atoms with Crippen LogP contribution in [0.15, 0.2) is 64.4 Å². The van der Waals surface area contributed by atoms with E-state index < -0.39 is 0 Å². The zero-order chi connectivity index (χ0) is 23.0. The fourth-order valence-corrected chi connectivity index (χ4v) is 5.05. The highest BCUT2D eigenvalue weighted by molar-refractivity contribution is 7.99. The van der Waals surface area contributed by atoms with Crippen molar-refractivity contribution >= 4 is 11.8 Å². The molecule has 0 unspecified atom stereocenters. The molecule has 3 heteroatoms. The van der Waals surface area contributed by atoms with Gasteiger partial charge in [-0.2, -0.15) is 0 Å². The zero-order valence-electron chi connectivity index (χ0n) is 19.6. The van der Waals surface area contributed by atoms with Crippen LogP contribution in [0.2, 0.25) is 0 Å². The van der Waals surface area contributed by atoms with Gasteiger partial charge in [0.15, 0.2) is 0 Å². The first-order valence-electron chi connectivity index (χ1n) is 10.7. The van der Waals surface area contributed by atoms with Crippen LogP contribution in [0.5, 0.6) is 5.75 Å². The van der Waals surface area contributed by atoms with E-state index in [1.165, 1.54) is 23.3 Å². The van der Waals surface area contributed by atoms with E-state index in [9.17, 15) is 9.50 Å². The van der Waals surface area contributed by atoms with Gasteiger partial charge >= 0.3 is 0 Å². The first-order chi connectivity index (χ1) is 14.4. The first kappa shape index (κ1) is 23.4. The van der Waals surface area contributed by atoms with Crippen LogP contribution in [0.1, 0.15) is 69.4 Å².